The van der Waals surface area contributed by atoms with E-state index in [0.717, 1.165) is 36.7 Å². The van der Waals surface area contributed by atoms with Gasteiger partial charge in [-0.3, -0.25) is 4.90 Å². The van der Waals surface area contributed by atoms with Gasteiger partial charge in [-0.2, -0.15) is 0 Å². The van der Waals surface area contributed by atoms with Gasteiger partial charge in [-0.05, 0) is 35.7 Å². The highest BCUT2D eigenvalue weighted by Crippen LogP contribution is 2.38. The normalized spacial score (nSPS) is 14.1. The number of hydrogen-bond acceptors (Lipinski definition) is 3. The van der Waals surface area contributed by atoms with Crippen molar-refractivity contribution in [2.24, 2.45) is 0 Å². The van der Waals surface area contributed by atoms with Crippen LogP contribution in [0, 0.1) is 6.92 Å². The first kappa shape index (κ1) is 17.6. The van der Waals surface area contributed by atoms with Crippen LogP contribution in [0.2, 0.25) is 0 Å². The van der Waals surface area contributed by atoms with E-state index in [1.807, 2.05) is 0 Å². The van der Waals surface area contributed by atoms with Crippen molar-refractivity contribution in [3.63, 3.8) is 0 Å². The van der Waals surface area contributed by atoms with E-state index in [2.05, 4.69) is 78.6 Å². The lowest BCUT2D eigenvalue weighted by molar-refractivity contribution is 0.217. The fourth-order valence-electron chi connectivity index (χ4n) is 3.58. The third-order valence-corrected chi connectivity index (χ3v) is 5.03. The van der Waals surface area contributed by atoms with Gasteiger partial charge in [0.25, 0.3) is 0 Å². The van der Waals surface area contributed by atoms with Crippen molar-refractivity contribution < 1.29 is 9.47 Å². The maximum absolute atomic E-state index is 6.08. The van der Waals surface area contributed by atoms with Gasteiger partial charge in [0.05, 0.1) is 7.11 Å². The Morgan fingerprint density at radius 3 is 2.48 bits per heavy atom. The molecule has 0 N–H and O–H groups in total. The van der Waals surface area contributed by atoms with Crippen LogP contribution in [0.1, 0.15) is 16.7 Å². The third kappa shape index (κ3) is 3.99. The molecule has 0 bridgehead atoms. The van der Waals surface area contributed by atoms with Crippen LogP contribution in [0.25, 0.3) is 11.1 Å². The molecule has 0 aliphatic carbocycles. The van der Waals surface area contributed by atoms with Crippen LogP contribution in [0.5, 0.6) is 11.5 Å². The second-order valence-corrected chi connectivity index (χ2v) is 7.08. The molecule has 1 aliphatic heterocycles. The Morgan fingerprint density at radius 1 is 0.963 bits per heavy atom. The molecule has 0 spiro atoms. The van der Waals surface area contributed by atoms with Crippen molar-refractivity contribution in [1.29, 1.82) is 0 Å². The highest BCUT2D eigenvalue weighted by molar-refractivity contribution is 5.69. The Bertz CT molecular complexity index is 904. The number of ether oxygens (including phenoxy) is 2. The summed E-state index contributed by atoms with van der Waals surface area (Å²) in [6, 6.07) is 23.5. The molecule has 0 radical (unpaired) electrons. The molecule has 4 rings (SSSR count). The SMILES string of the molecule is COc1cc(-c2ccc(C)cc2)cc2c1OCCN(Cc1ccccc1)C2. The Morgan fingerprint density at radius 2 is 1.74 bits per heavy atom. The third-order valence-electron chi connectivity index (χ3n) is 5.03. The van der Waals surface area contributed by atoms with Crippen molar-refractivity contribution in [3.05, 3.63) is 83.4 Å². The summed E-state index contributed by atoms with van der Waals surface area (Å²) in [7, 11) is 1.71. The molecule has 0 saturated carbocycles. The van der Waals surface area contributed by atoms with Gasteiger partial charge in [0.2, 0.25) is 0 Å². The van der Waals surface area contributed by atoms with Crippen LogP contribution in [-0.4, -0.2) is 25.2 Å². The molecule has 0 aromatic heterocycles. The number of benzene rings is 3. The summed E-state index contributed by atoms with van der Waals surface area (Å²) in [5.74, 6) is 1.69. The van der Waals surface area contributed by atoms with Gasteiger partial charge in [-0.25, -0.2) is 0 Å². The summed E-state index contributed by atoms with van der Waals surface area (Å²) in [5, 5.41) is 0. The first-order valence-electron chi connectivity index (χ1n) is 9.40. The first-order chi connectivity index (χ1) is 13.2. The van der Waals surface area contributed by atoms with E-state index >= 15 is 0 Å². The molecule has 3 heteroatoms. The minimum Gasteiger partial charge on any atom is -0.493 e. The molecule has 27 heavy (non-hydrogen) atoms. The van der Waals surface area contributed by atoms with Gasteiger partial charge >= 0.3 is 0 Å². The smallest absolute Gasteiger partial charge is 0.165 e. The minimum absolute atomic E-state index is 0.667. The Kier molecular flexibility index (Phi) is 5.12. The highest BCUT2D eigenvalue weighted by Gasteiger charge is 2.20. The zero-order valence-electron chi connectivity index (χ0n) is 15.9. The molecule has 3 aromatic carbocycles. The van der Waals surface area contributed by atoms with E-state index in [9.17, 15) is 0 Å². The Hall–Kier alpha value is -2.78. The van der Waals surface area contributed by atoms with Crippen LogP contribution in [-0.2, 0) is 13.1 Å². The number of hydrogen-bond donors (Lipinski definition) is 0. The minimum atomic E-state index is 0.667. The fourth-order valence-corrected chi connectivity index (χ4v) is 3.58. The van der Waals surface area contributed by atoms with Gasteiger partial charge in [-0.1, -0.05) is 60.2 Å². The van der Waals surface area contributed by atoms with Crippen molar-refractivity contribution in [3.8, 4) is 22.6 Å². The van der Waals surface area contributed by atoms with Gasteiger partial charge in [0.15, 0.2) is 11.5 Å². The van der Waals surface area contributed by atoms with Crippen molar-refractivity contribution in [2.75, 3.05) is 20.3 Å². The first-order valence-corrected chi connectivity index (χ1v) is 9.40. The summed E-state index contributed by atoms with van der Waals surface area (Å²) in [5.41, 5.74) is 6.12. The van der Waals surface area contributed by atoms with Crippen LogP contribution >= 0.6 is 0 Å². The average Bonchev–Trinajstić information content (AvgIpc) is 2.90. The Labute approximate surface area is 161 Å². The van der Waals surface area contributed by atoms with E-state index in [-0.39, 0.29) is 0 Å². The van der Waals surface area contributed by atoms with E-state index in [4.69, 9.17) is 9.47 Å². The molecule has 3 aromatic rings. The zero-order valence-corrected chi connectivity index (χ0v) is 15.9. The van der Waals surface area contributed by atoms with Crippen molar-refractivity contribution >= 4 is 0 Å². The maximum atomic E-state index is 6.08. The summed E-state index contributed by atoms with van der Waals surface area (Å²) in [4.78, 5) is 2.43. The quantitative estimate of drug-likeness (QED) is 0.649. The summed E-state index contributed by atoms with van der Waals surface area (Å²) in [6.07, 6.45) is 0. The fraction of sp³-hybridized carbons (Fsp3) is 0.250. The maximum Gasteiger partial charge on any atom is 0.165 e. The molecule has 0 unspecified atom stereocenters. The van der Waals surface area contributed by atoms with E-state index < -0.39 is 0 Å². The van der Waals surface area contributed by atoms with Gasteiger partial charge < -0.3 is 9.47 Å². The number of aryl methyl sites for hydroxylation is 1. The van der Waals surface area contributed by atoms with Crippen LogP contribution in [0.4, 0.5) is 0 Å². The molecular weight excluding hydrogens is 334 g/mol. The van der Waals surface area contributed by atoms with Gasteiger partial charge in [0, 0.05) is 25.2 Å². The van der Waals surface area contributed by atoms with Crippen LogP contribution < -0.4 is 9.47 Å². The molecule has 1 heterocycles. The lowest BCUT2D eigenvalue weighted by atomic mass is 10.0. The molecule has 0 fully saturated rings. The summed E-state index contributed by atoms with van der Waals surface area (Å²) < 4.78 is 11.7. The molecule has 138 valence electrons. The lowest BCUT2D eigenvalue weighted by Gasteiger charge is -2.20. The topological polar surface area (TPSA) is 21.7 Å². The highest BCUT2D eigenvalue weighted by atomic mass is 16.5. The van der Waals surface area contributed by atoms with Crippen molar-refractivity contribution in [2.45, 2.75) is 20.0 Å². The number of fused-ring (bicyclic) bond motifs is 1. The number of rotatable bonds is 4. The molecular formula is C24H25NO2. The second-order valence-electron chi connectivity index (χ2n) is 7.08. The van der Waals surface area contributed by atoms with E-state index in [1.54, 1.807) is 7.11 Å². The molecule has 3 nitrogen and oxygen atoms in total. The van der Waals surface area contributed by atoms with E-state index in [0.29, 0.717) is 6.61 Å². The summed E-state index contributed by atoms with van der Waals surface area (Å²) >= 11 is 0. The number of methoxy groups -OCH3 is 1. The second kappa shape index (κ2) is 7.85. The lowest BCUT2D eigenvalue weighted by Crippen LogP contribution is -2.25. The van der Waals surface area contributed by atoms with Crippen LogP contribution in [0.15, 0.2) is 66.7 Å². The summed E-state index contributed by atoms with van der Waals surface area (Å²) in [6.45, 7) is 5.43. The predicted molar refractivity (Wildman–Crippen MR) is 109 cm³/mol. The zero-order chi connectivity index (χ0) is 18.6. The van der Waals surface area contributed by atoms with Crippen LogP contribution in [0.3, 0.4) is 0 Å². The molecule has 0 atom stereocenters. The van der Waals surface area contributed by atoms with Gasteiger partial charge in [0.1, 0.15) is 6.61 Å². The molecule has 0 amide bonds. The largest absolute Gasteiger partial charge is 0.493 e. The molecule has 0 saturated heterocycles. The molecule has 1 aliphatic rings. The number of nitrogens with zero attached hydrogens (tertiary/aromatic N) is 1. The Balaban J connectivity index is 1.67. The predicted octanol–water partition coefficient (Wildman–Crippen LogP) is 5.07. The standard InChI is InChI=1S/C24H25NO2/c1-18-8-10-20(11-9-18)21-14-22-17-25(16-19-6-4-3-5-7-19)12-13-27-24(22)23(15-21)26-2/h3-11,14-15H,12-13,16-17H2,1-2H3. The van der Waals surface area contributed by atoms with Crippen molar-refractivity contribution in [1.82, 2.24) is 4.90 Å². The van der Waals surface area contributed by atoms with Gasteiger partial charge in [-0.15, -0.1) is 0 Å². The van der Waals surface area contributed by atoms with E-state index in [1.165, 1.54) is 22.3 Å². The average molecular weight is 359 g/mol. The monoisotopic (exact) mass is 359 g/mol.